The SMILES string of the molecule is O=C1CCCCCN1.O=C1CCCCCN1.O=C1CCCCCN1.OP(O)O. The Morgan fingerprint density at radius 2 is 0.750 bits per heavy atom. The number of rotatable bonds is 0. The fourth-order valence-corrected chi connectivity index (χ4v) is 2.71. The smallest absolute Gasteiger partial charge is 0.324 e. The molecule has 3 rings (SSSR count). The summed E-state index contributed by atoms with van der Waals surface area (Å²) in [5.41, 5.74) is 0. The first-order valence-electron chi connectivity index (χ1n) is 10.1. The van der Waals surface area contributed by atoms with E-state index in [0.717, 1.165) is 77.4 Å². The second-order valence-electron chi connectivity index (χ2n) is 6.75. The predicted octanol–water partition coefficient (Wildman–Crippen LogP) is 1.22. The van der Waals surface area contributed by atoms with E-state index in [4.69, 9.17) is 14.7 Å². The Hall–Kier alpha value is -1.28. The van der Waals surface area contributed by atoms with Crippen LogP contribution in [0.25, 0.3) is 0 Å². The van der Waals surface area contributed by atoms with Gasteiger partial charge < -0.3 is 30.6 Å². The maximum absolute atomic E-state index is 10.6. The molecule has 0 aromatic rings. The lowest BCUT2D eigenvalue weighted by molar-refractivity contribution is -0.121. The predicted molar refractivity (Wildman–Crippen MR) is 108 cm³/mol. The zero-order valence-electron chi connectivity index (χ0n) is 16.6. The highest BCUT2D eigenvalue weighted by molar-refractivity contribution is 7.38. The number of nitrogens with one attached hydrogen (secondary N) is 3. The van der Waals surface area contributed by atoms with E-state index >= 15 is 0 Å². The van der Waals surface area contributed by atoms with Gasteiger partial charge in [0.1, 0.15) is 0 Å². The Morgan fingerprint density at radius 1 is 0.500 bits per heavy atom. The summed E-state index contributed by atoms with van der Waals surface area (Å²) in [4.78, 5) is 53.4. The quantitative estimate of drug-likeness (QED) is 0.324. The van der Waals surface area contributed by atoms with Crippen molar-refractivity contribution in [3.8, 4) is 0 Å². The second-order valence-corrected chi connectivity index (χ2v) is 7.29. The van der Waals surface area contributed by atoms with Crippen molar-refractivity contribution in [2.75, 3.05) is 19.6 Å². The van der Waals surface area contributed by atoms with Crippen molar-refractivity contribution in [2.24, 2.45) is 0 Å². The zero-order chi connectivity index (χ0) is 21.0. The molecule has 3 saturated heterocycles. The van der Waals surface area contributed by atoms with Crippen LogP contribution in [0.2, 0.25) is 0 Å². The van der Waals surface area contributed by atoms with Gasteiger partial charge in [0.2, 0.25) is 17.7 Å². The van der Waals surface area contributed by atoms with Crippen LogP contribution in [-0.4, -0.2) is 52.0 Å². The summed E-state index contributed by atoms with van der Waals surface area (Å²) < 4.78 is 0. The molecule has 9 nitrogen and oxygen atoms in total. The molecule has 10 heteroatoms. The van der Waals surface area contributed by atoms with Crippen LogP contribution < -0.4 is 16.0 Å². The van der Waals surface area contributed by atoms with Crippen LogP contribution in [0, 0.1) is 0 Å². The molecule has 0 saturated carbocycles. The van der Waals surface area contributed by atoms with E-state index in [1.165, 1.54) is 19.3 Å². The van der Waals surface area contributed by atoms with Crippen LogP contribution >= 0.6 is 8.60 Å². The van der Waals surface area contributed by atoms with E-state index in [9.17, 15) is 14.4 Å². The first-order valence-corrected chi connectivity index (χ1v) is 11.3. The Labute approximate surface area is 168 Å². The standard InChI is InChI=1S/3C6H11NO.H3O3P/c3*8-6-4-2-1-3-5-7-6;1-4(2)3/h3*1-5H2,(H,7,8);1-3H. The molecule has 0 aliphatic carbocycles. The molecule has 0 spiro atoms. The minimum atomic E-state index is -2.62. The first-order chi connectivity index (χ1) is 13.4. The highest BCUT2D eigenvalue weighted by Gasteiger charge is 2.04. The highest BCUT2D eigenvalue weighted by atomic mass is 31.2. The monoisotopic (exact) mass is 421 g/mol. The molecular formula is C18H36N3O6P. The molecule has 3 aliphatic heterocycles. The lowest BCUT2D eigenvalue weighted by atomic mass is 10.2. The van der Waals surface area contributed by atoms with Gasteiger partial charge in [-0.2, -0.15) is 0 Å². The zero-order valence-corrected chi connectivity index (χ0v) is 17.5. The number of hydrogen-bond donors (Lipinski definition) is 6. The third-order valence-corrected chi connectivity index (χ3v) is 4.21. The summed E-state index contributed by atoms with van der Waals surface area (Å²) in [6, 6.07) is 0. The molecule has 3 heterocycles. The minimum absolute atomic E-state index is 0.225. The average Bonchev–Trinajstić information content (AvgIpc) is 3.12. The van der Waals surface area contributed by atoms with E-state index < -0.39 is 8.60 Å². The van der Waals surface area contributed by atoms with Crippen molar-refractivity contribution < 1.29 is 29.1 Å². The Kier molecular flexibility index (Phi) is 18.2. The Balaban J connectivity index is 0.000000358. The fraction of sp³-hybridized carbons (Fsp3) is 0.833. The minimum Gasteiger partial charge on any atom is -0.356 e. The Bertz CT molecular complexity index is 348. The molecule has 0 aromatic carbocycles. The summed E-state index contributed by atoms with van der Waals surface area (Å²) in [6.45, 7) is 2.66. The molecule has 0 bridgehead atoms. The van der Waals surface area contributed by atoms with E-state index in [1.54, 1.807) is 0 Å². The lowest BCUT2D eigenvalue weighted by Gasteiger charge is -1.93. The lowest BCUT2D eigenvalue weighted by Crippen LogP contribution is -2.21. The number of carbonyl (C=O) groups is 3. The van der Waals surface area contributed by atoms with Crippen molar-refractivity contribution in [1.82, 2.24) is 16.0 Å². The Morgan fingerprint density at radius 3 is 1.00 bits per heavy atom. The van der Waals surface area contributed by atoms with Gasteiger partial charge in [-0.1, -0.05) is 19.3 Å². The maximum atomic E-state index is 10.6. The van der Waals surface area contributed by atoms with Crippen molar-refractivity contribution in [3.63, 3.8) is 0 Å². The van der Waals surface area contributed by atoms with Gasteiger partial charge in [-0.3, -0.25) is 14.4 Å². The maximum Gasteiger partial charge on any atom is 0.324 e. The van der Waals surface area contributed by atoms with Crippen LogP contribution in [0.5, 0.6) is 0 Å². The van der Waals surface area contributed by atoms with Gasteiger partial charge in [0.25, 0.3) is 0 Å². The molecule has 0 atom stereocenters. The molecule has 0 radical (unpaired) electrons. The third-order valence-electron chi connectivity index (χ3n) is 4.21. The van der Waals surface area contributed by atoms with Crippen molar-refractivity contribution in [2.45, 2.75) is 77.0 Å². The molecule has 3 fully saturated rings. The van der Waals surface area contributed by atoms with Crippen molar-refractivity contribution in [1.29, 1.82) is 0 Å². The topological polar surface area (TPSA) is 148 Å². The molecule has 6 N–H and O–H groups in total. The fourth-order valence-electron chi connectivity index (χ4n) is 2.71. The molecule has 0 aromatic heterocycles. The van der Waals surface area contributed by atoms with E-state index in [0.29, 0.717) is 0 Å². The van der Waals surface area contributed by atoms with Gasteiger partial charge in [-0.15, -0.1) is 0 Å². The van der Waals surface area contributed by atoms with Crippen LogP contribution in [0.15, 0.2) is 0 Å². The number of amides is 3. The van der Waals surface area contributed by atoms with Gasteiger partial charge in [-0.05, 0) is 38.5 Å². The number of hydrogen-bond acceptors (Lipinski definition) is 6. The summed E-state index contributed by atoms with van der Waals surface area (Å²) >= 11 is 0. The van der Waals surface area contributed by atoms with Crippen LogP contribution in [0.1, 0.15) is 77.0 Å². The summed E-state index contributed by atoms with van der Waals surface area (Å²) in [6.07, 6.45) is 12.5. The van der Waals surface area contributed by atoms with Gasteiger partial charge in [0, 0.05) is 38.9 Å². The molecule has 3 aliphatic rings. The van der Waals surface area contributed by atoms with E-state index in [-0.39, 0.29) is 17.7 Å². The molecular weight excluding hydrogens is 385 g/mol. The molecule has 3 amide bonds. The van der Waals surface area contributed by atoms with Gasteiger partial charge in [0.15, 0.2) is 0 Å². The second kappa shape index (κ2) is 19.1. The highest BCUT2D eigenvalue weighted by Crippen LogP contribution is 2.11. The number of carbonyl (C=O) groups excluding carboxylic acids is 3. The molecule has 0 unspecified atom stereocenters. The van der Waals surface area contributed by atoms with E-state index in [2.05, 4.69) is 16.0 Å². The van der Waals surface area contributed by atoms with Crippen LogP contribution in [-0.2, 0) is 14.4 Å². The third kappa shape index (κ3) is 21.0. The van der Waals surface area contributed by atoms with Crippen molar-refractivity contribution >= 4 is 26.3 Å². The van der Waals surface area contributed by atoms with Crippen LogP contribution in [0.4, 0.5) is 0 Å². The van der Waals surface area contributed by atoms with Crippen molar-refractivity contribution in [3.05, 3.63) is 0 Å². The first kappa shape index (κ1) is 26.7. The molecule has 28 heavy (non-hydrogen) atoms. The summed E-state index contributed by atoms with van der Waals surface area (Å²) in [7, 11) is -2.62. The van der Waals surface area contributed by atoms with Crippen LogP contribution in [0.3, 0.4) is 0 Å². The van der Waals surface area contributed by atoms with E-state index in [1.807, 2.05) is 0 Å². The average molecular weight is 421 g/mol. The summed E-state index contributed by atoms with van der Waals surface area (Å²) in [5, 5.41) is 8.42. The van der Waals surface area contributed by atoms with Gasteiger partial charge in [-0.25, -0.2) is 0 Å². The normalized spacial score (nSPS) is 19.9. The molecule has 164 valence electrons. The largest absolute Gasteiger partial charge is 0.356 e. The van der Waals surface area contributed by atoms with Gasteiger partial charge in [0.05, 0.1) is 0 Å². The van der Waals surface area contributed by atoms with Gasteiger partial charge >= 0.3 is 8.60 Å². The summed E-state index contributed by atoms with van der Waals surface area (Å²) in [5.74, 6) is 0.674.